The van der Waals surface area contributed by atoms with Gasteiger partial charge in [0.2, 0.25) is 0 Å². The van der Waals surface area contributed by atoms with E-state index in [2.05, 4.69) is 11.9 Å². The van der Waals surface area contributed by atoms with Crippen LogP contribution in [0.1, 0.15) is 25.7 Å². The summed E-state index contributed by atoms with van der Waals surface area (Å²) in [6.07, 6.45) is 4.12. The van der Waals surface area contributed by atoms with Crippen molar-refractivity contribution in [3.63, 3.8) is 0 Å². The van der Waals surface area contributed by atoms with Crippen LogP contribution >= 0.6 is 0 Å². The summed E-state index contributed by atoms with van der Waals surface area (Å²) in [4.78, 5) is 13.1. The van der Waals surface area contributed by atoms with E-state index in [-0.39, 0.29) is 5.92 Å². The first kappa shape index (κ1) is 9.00. The van der Waals surface area contributed by atoms with Crippen LogP contribution in [0.15, 0.2) is 0 Å². The van der Waals surface area contributed by atoms with Gasteiger partial charge in [0.15, 0.2) is 0 Å². The topological polar surface area (TPSA) is 40.5 Å². The zero-order valence-electron chi connectivity index (χ0n) is 8.12. The number of carboxylic acids is 1. The molecule has 3 nitrogen and oxygen atoms in total. The quantitative estimate of drug-likeness (QED) is 0.664. The molecule has 2 aliphatic rings. The molecule has 74 valence electrons. The van der Waals surface area contributed by atoms with Gasteiger partial charge in [-0.25, -0.2) is 0 Å². The normalized spacial score (nSPS) is 40.2. The van der Waals surface area contributed by atoms with Gasteiger partial charge >= 0.3 is 5.97 Å². The minimum absolute atomic E-state index is 0.0634. The molecule has 0 unspecified atom stereocenters. The van der Waals surface area contributed by atoms with Crippen LogP contribution in [0.25, 0.3) is 0 Å². The fourth-order valence-electron chi connectivity index (χ4n) is 2.95. The van der Waals surface area contributed by atoms with E-state index in [9.17, 15) is 4.79 Å². The minimum Gasteiger partial charge on any atom is -0.481 e. The second-order valence-electron chi connectivity index (χ2n) is 4.77. The predicted molar refractivity (Wildman–Crippen MR) is 49.5 cm³/mol. The molecule has 0 aromatic carbocycles. The lowest BCUT2D eigenvalue weighted by Crippen LogP contribution is -2.23. The molecule has 0 aromatic heterocycles. The number of aliphatic carboxylic acids is 1. The van der Waals surface area contributed by atoms with Crippen molar-refractivity contribution >= 4 is 5.97 Å². The van der Waals surface area contributed by atoms with E-state index in [0.717, 1.165) is 32.4 Å². The molecule has 1 saturated heterocycles. The van der Waals surface area contributed by atoms with Gasteiger partial charge in [0.25, 0.3) is 0 Å². The highest BCUT2D eigenvalue weighted by Gasteiger charge is 2.44. The SMILES string of the molecule is CN1CC[C@@]2(CC[C@@H](C(=O)O)C2)C1. The Bertz CT molecular complexity index is 229. The van der Waals surface area contributed by atoms with E-state index >= 15 is 0 Å². The number of likely N-dealkylation sites (tertiary alicyclic amines) is 1. The highest BCUT2D eigenvalue weighted by atomic mass is 16.4. The van der Waals surface area contributed by atoms with Gasteiger partial charge in [-0.3, -0.25) is 4.79 Å². The van der Waals surface area contributed by atoms with Crippen LogP contribution in [-0.2, 0) is 4.79 Å². The molecule has 0 aromatic rings. The van der Waals surface area contributed by atoms with Crippen molar-refractivity contribution in [1.29, 1.82) is 0 Å². The van der Waals surface area contributed by atoms with Crippen molar-refractivity contribution < 1.29 is 9.90 Å². The molecule has 0 bridgehead atoms. The summed E-state index contributed by atoms with van der Waals surface area (Å²) in [6, 6.07) is 0. The van der Waals surface area contributed by atoms with Gasteiger partial charge in [-0.05, 0) is 44.7 Å². The maximum Gasteiger partial charge on any atom is 0.306 e. The molecule has 0 radical (unpaired) electrons. The van der Waals surface area contributed by atoms with E-state index in [0.29, 0.717) is 5.41 Å². The maximum atomic E-state index is 10.8. The van der Waals surface area contributed by atoms with Gasteiger partial charge in [-0.2, -0.15) is 0 Å². The van der Waals surface area contributed by atoms with Gasteiger partial charge in [0.1, 0.15) is 0 Å². The number of rotatable bonds is 1. The molecule has 1 aliphatic carbocycles. The lowest BCUT2D eigenvalue weighted by Gasteiger charge is -2.22. The molecular weight excluding hydrogens is 166 g/mol. The first-order valence-electron chi connectivity index (χ1n) is 5.03. The number of nitrogens with zero attached hydrogens (tertiary/aromatic N) is 1. The average Bonchev–Trinajstić information content (AvgIpc) is 2.61. The first-order valence-corrected chi connectivity index (χ1v) is 5.03. The lowest BCUT2D eigenvalue weighted by atomic mass is 9.84. The first-order chi connectivity index (χ1) is 6.11. The van der Waals surface area contributed by atoms with Crippen LogP contribution in [0.4, 0.5) is 0 Å². The second-order valence-corrected chi connectivity index (χ2v) is 4.77. The summed E-state index contributed by atoms with van der Waals surface area (Å²) in [6.45, 7) is 2.25. The zero-order valence-corrected chi connectivity index (χ0v) is 8.12. The molecule has 3 heteroatoms. The summed E-state index contributed by atoms with van der Waals surface area (Å²) >= 11 is 0. The van der Waals surface area contributed by atoms with Crippen molar-refractivity contribution in [2.24, 2.45) is 11.3 Å². The molecule has 1 heterocycles. The smallest absolute Gasteiger partial charge is 0.306 e. The van der Waals surface area contributed by atoms with Gasteiger partial charge in [-0.15, -0.1) is 0 Å². The Morgan fingerprint density at radius 1 is 1.54 bits per heavy atom. The third kappa shape index (κ3) is 1.57. The Labute approximate surface area is 78.7 Å². The van der Waals surface area contributed by atoms with E-state index in [1.54, 1.807) is 0 Å². The maximum absolute atomic E-state index is 10.8. The summed E-state index contributed by atoms with van der Waals surface area (Å²) in [5.74, 6) is -0.655. The molecule has 1 saturated carbocycles. The largest absolute Gasteiger partial charge is 0.481 e. The Hall–Kier alpha value is -0.570. The third-order valence-electron chi connectivity index (χ3n) is 3.68. The van der Waals surface area contributed by atoms with Crippen LogP contribution in [0.5, 0.6) is 0 Å². The predicted octanol–water partition coefficient (Wildman–Crippen LogP) is 1.19. The molecule has 13 heavy (non-hydrogen) atoms. The molecule has 1 aliphatic heterocycles. The van der Waals surface area contributed by atoms with Crippen LogP contribution < -0.4 is 0 Å². The monoisotopic (exact) mass is 183 g/mol. The molecule has 1 N–H and O–H groups in total. The van der Waals surface area contributed by atoms with Crippen molar-refractivity contribution in [2.75, 3.05) is 20.1 Å². The zero-order chi connectivity index (χ0) is 9.47. The van der Waals surface area contributed by atoms with Gasteiger partial charge in [-0.1, -0.05) is 0 Å². The van der Waals surface area contributed by atoms with Crippen molar-refractivity contribution in [3.05, 3.63) is 0 Å². The van der Waals surface area contributed by atoms with Crippen LogP contribution in [0, 0.1) is 11.3 Å². The molecule has 2 fully saturated rings. The van der Waals surface area contributed by atoms with Gasteiger partial charge in [0.05, 0.1) is 5.92 Å². The molecule has 2 rings (SSSR count). The lowest BCUT2D eigenvalue weighted by molar-refractivity contribution is -0.141. The molecule has 0 amide bonds. The van der Waals surface area contributed by atoms with Crippen LogP contribution in [0.3, 0.4) is 0 Å². The number of hydrogen-bond acceptors (Lipinski definition) is 2. The number of carbonyl (C=O) groups is 1. The van der Waals surface area contributed by atoms with E-state index in [1.165, 1.54) is 6.42 Å². The molecule has 1 spiro atoms. The Morgan fingerprint density at radius 2 is 2.31 bits per heavy atom. The minimum atomic E-state index is -0.591. The van der Waals surface area contributed by atoms with Crippen molar-refractivity contribution in [2.45, 2.75) is 25.7 Å². The fourth-order valence-corrected chi connectivity index (χ4v) is 2.95. The molecule has 2 atom stereocenters. The molecular formula is C10H17NO2. The van der Waals surface area contributed by atoms with Gasteiger partial charge in [0, 0.05) is 6.54 Å². The Morgan fingerprint density at radius 3 is 2.77 bits per heavy atom. The van der Waals surface area contributed by atoms with E-state index < -0.39 is 5.97 Å². The highest BCUT2D eigenvalue weighted by molar-refractivity contribution is 5.70. The van der Waals surface area contributed by atoms with Gasteiger partial charge < -0.3 is 10.0 Å². The van der Waals surface area contributed by atoms with Crippen molar-refractivity contribution in [1.82, 2.24) is 4.90 Å². The fraction of sp³-hybridized carbons (Fsp3) is 0.900. The second kappa shape index (κ2) is 2.98. The van der Waals surface area contributed by atoms with E-state index in [4.69, 9.17) is 5.11 Å². The van der Waals surface area contributed by atoms with Crippen molar-refractivity contribution in [3.8, 4) is 0 Å². The summed E-state index contributed by atoms with van der Waals surface area (Å²) in [7, 11) is 2.13. The summed E-state index contributed by atoms with van der Waals surface area (Å²) < 4.78 is 0. The number of carboxylic acid groups (broad SMARTS) is 1. The third-order valence-corrected chi connectivity index (χ3v) is 3.68. The van der Waals surface area contributed by atoms with Crippen LogP contribution in [-0.4, -0.2) is 36.1 Å². The Kier molecular flexibility index (Phi) is 2.06. The summed E-state index contributed by atoms with van der Waals surface area (Å²) in [5, 5.41) is 8.91. The highest BCUT2D eigenvalue weighted by Crippen LogP contribution is 2.47. The summed E-state index contributed by atoms with van der Waals surface area (Å²) in [5.41, 5.74) is 0.359. The number of hydrogen-bond donors (Lipinski definition) is 1. The average molecular weight is 183 g/mol. The Balaban J connectivity index is 2.01. The standard InChI is InChI=1S/C10H17NO2/c1-11-5-4-10(7-11)3-2-8(6-10)9(12)13/h8H,2-7H2,1H3,(H,12,13)/t8-,10-/m1/s1. The van der Waals surface area contributed by atoms with E-state index in [1.807, 2.05) is 0 Å². The van der Waals surface area contributed by atoms with Crippen LogP contribution in [0.2, 0.25) is 0 Å².